The first kappa shape index (κ1) is 19.6. The molecule has 0 fully saturated rings. The number of aromatic hydroxyl groups is 2. The third kappa shape index (κ3) is 3.41. The molecule has 3 N–H and O–H groups in total. The predicted octanol–water partition coefficient (Wildman–Crippen LogP) is 1.39. The highest BCUT2D eigenvalue weighted by atomic mass is 16.6. The molecule has 1 aromatic heterocycles. The van der Waals surface area contributed by atoms with E-state index < -0.39 is 39.3 Å². The Bertz CT molecular complexity index is 1080. The zero-order valence-corrected chi connectivity index (χ0v) is 15.2. The number of rotatable bonds is 4. The maximum absolute atomic E-state index is 12.8. The number of nitrogens with zero attached hydrogens (tertiary/aromatic N) is 6. The van der Waals surface area contributed by atoms with Gasteiger partial charge in [0.05, 0.1) is 4.92 Å². The van der Waals surface area contributed by atoms with Gasteiger partial charge in [0, 0.05) is 31.6 Å². The van der Waals surface area contributed by atoms with Gasteiger partial charge in [-0.2, -0.15) is 5.26 Å². The lowest BCUT2D eigenvalue weighted by atomic mass is 10.1. The Morgan fingerprint density at radius 1 is 1.34 bits per heavy atom. The molecule has 3 rings (SSSR count). The second-order valence-electron chi connectivity index (χ2n) is 6.34. The summed E-state index contributed by atoms with van der Waals surface area (Å²) in [6.45, 7) is 0.602. The molecule has 1 amide bonds. The fraction of sp³-hybridized carbons (Fsp3) is 0.294. The Morgan fingerprint density at radius 3 is 2.72 bits per heavy atom. The number of nitro benzene ring substituents is 1. The number of phenols is 2. The molecule has 0 radical (unpaired) electrons. The molecule has 12 nitrogen and oxygen atoms in total. The first-order valence-corrected chi connectivity index (χ1v) is 8.50. The van der Waals surface area contributed by atoms with Gasteiger partial charge in [0.15, 0.2) is 11.3 Å². The van der Waals surface area contributed by atoms with Gasteiger partial charge in [0.25, 0.3) is 5.91 Å². The molecule has 2 heterocycles. The van der Waals surface area contributed by atoms with E-state index in [1.54, 1.807) is 10.6 Å². The van der Waals surface area contributed by atoms with E-state index in [1.807, 2.05) is 0 Å². The molecule has 0 saturated heterocycles. The lowest BCUT2D eigenvalue weighted by Gasteiger charge is -2.20. The van der Waals surface area contributed by atoms with Crippen LogP contribution in [0, 0.1) is 21.4 Å². The number of nitriles is 1. The number of hydrogen-bond donors (Lipinski definition) is 3. The number of aliphatic hydroxyl groups is 1. The number of benzene rings is 1. The number of aryl methyl sites for hydroxylation is 1. The van der Waals surface area contributed by atoms with Crippen LogP contribution in [-0.2, 0) is 17.8 Å². The Labute approximate surface area is 163 Å². The molecule has 1 aromatic carbocycles. The third-order valence-corrected chi connectivity index (χ3v) is 4.55. The monoisotopic (exact) mass is 400 g/mol. The largest absolute Gasteiger partial charge is 0.506 e. The van der Waals surface area contributed by atoms with Crippen LogP contribution in [-0.4, -0.2) is 48.0 Å². The summed E-state index contributed by atoms with van der Waals surface area (Å²) in [5, 5.41) is 58.0. The number of amides is 1. The Morgan fingerprint density at radius 2 is 2.07 bits per heavy atom. The molecule has 0 atom stereocenters. The van der Waals surface area contributed by atoms with Gasteiger partial charge in [-0.3, -0.25) is 24.4 Å². The molecular weight excluding hydrogens is 384 g/mol. The number of phenolic OH excluding ortho intramolecular Hbond substituents is 2. The van der Waals surface area contributed by atoms with Crippen molar-refractivity contribution in [1.82, 2.24) is 14.8 Å². The summed E-state index contributed by atoms with van der Waals surface area (Å²) < 4.78 is 1.74. The van der Waals surface area contributed by atoms with E-state index in [2.05, 4.69) is 10.2 Å². The third-order valence-electron chi connectivity index (χ3n) is 4.55. The van der Waals surface area contributed by atoms with Crippen molar-refractivity contribution in [2.45, 2.75) is 25.8 Å². The first-order chi connectivity index (χ1) is 13.8. The minimum absolute atomic E-state index is 0.199. The summed E-state index contributed by atoms with van der Waals surface area (Å²) in [5.41, 5.74) is -2.00. The van der Waals surface area contributed by atoms with E-state index in [0.717, 1.165) is 29.9 Å². The summed E-state index contributed by atoms with van der Waals surface area (Å²) >= 11 is 0. The molecule has 0 aliphatic carbocycles. The van der Waals surface area contributed by atoms with Gasteiger partial charge in [-0.05, 0) is 18.9 Å². The molecule has 2 aromatic rings. The van der Waals surface area contributed by atoms with Crippen LogP contribution in [0.5, 0.6) is 11.5 Å². The average Bonchev–Trinajstić information content (AvgIpc) is 3.13. The molecule has 0 spiro atoms. The topological polar surface area (TPSA) is 179 Å². The summed E-state index contributed by atoms with van der Waals surface area (Å²) in [6, 6.07) is 3.12. The number of aromatic nitrogens is 3. The van der Waals surface area contributed by atoms with Gasteiger partial charge in [-0.25, -0.2) is 0 Å². The minimum Gasteiger partial charge on any atom is -0.506 e. The molecule has 0 unspecified atom stereocenters. The van der Waals surface area contributed by atoms with E-state index in [4.69, 9.17) is 0 Å². The van der Waals surface area contributed by atoms with Crippen LogP contribution in [0.1, 0.15) is 24.2 Å². The van der Waals surface area contributed by atoms with Crippen molar-refractivity contribution in [3.8, 4) is 17.6 Å². The van der Waals surface area contributed by atoms with Crippen molar-refractivity contribution in [2.75, 3.05) is 11.9 Å². The first-order valence-electron chi connectivity index (χ1n) is 8.50. The summed E-state index contributed by atoms with van der Waals surface area (Å²) in [4.78, 5) is 23.9. The van der Waals surface area contributed by atoms with Crippen LogP contribution in [0.3, 0.4) is 0 Å². The molecular formula is C17H16N6O6. The van der Waals surface area contributed by atoms with Gasteiger partial charge in [0.1, 0.15) is 17.7 Å². The van der Waals surface area contributed by atoms with Gasteiger partial charge in [-0.1, -0.05) is 0 Å². The highest BCUT2D eigenvalue weighted by Gasteiger charge is 2.28. The van der Waals surface area contributed by atoms with Crippen molar-refractivity contribution in [1.29, 1.82) is 5.26 Å². The Balaban J connectivity index is 2.03. The molecule has 1 aliphatic rings. The van der Waals surface area contributed by atoms with Crippen LogP contribution in [0.25, 0.3) is 5.76 Å². The molecule has 1 aliphatic heterocycles. The number of nitro groups is 1. The fourth-order valence-corrected chi connectivity index (χ4v) is 3.03. The SMILES string of the molecule is CN(C(=O)/C(C#N)=C(\O)c1cc(O)c(O)c([N+](=O)[O-])c1)c1nnc2n1CCCC2. The second-order valence-corrected chi connectivity index (χ2v) is 6.34. The molecule has 29 heavy (non-hydrogen) atoms. The number of hydrogen-bond acceptors (Lipinski definition) is 9. The number of carbonyl (C=O) groups excluding carboxylic acids is 1. The van der Waals surface area contributed by atoms with Crippen molar-refractivity contribution in [3.05, 3.63) is 39.2 Å². The van der Waals surface area contributed by atoms with Crippen LogP contribution in [0.4, 0.5) is 11.6 Å². The lowest BCUT2D eigenvalue weighted by molar-refractivity contribution is -0.386. The molecule has 150 valence electrons. The van der Waals surface area contributed by atoms with Gasteiger partial charge >= 0.3 is 5.69 Å². The van der Waals surface area contributed by atoms with Crippen LogP contribution >= 0.6 is 0 Å². The molecule has 0 saturated carbocycles. The van der Waals surface area contributed by atoms with Crippen molar-refractivity contribution < 1.29 is 25.0 Å². The second kappa shape index (κ2) is 7.47. The maximum atomic E-state index is 12.8. The van der Waals surface area contributed by atoms with Crippen LogP contribution in [0.2, 0.25) is 0 Å². The number of aliphatic hydroxyl groups excluding tert-OH is 1. The quantitative estimate of drug-likeness (QED) is 0.171. The van der Waals surface area contributed by atoms with Crippen molar-refractivity contribution in [3.63, 3.8) is 0 Å². The predicted molar refractivity (Wildman–Crippen MR) is 98.0 cm³/mol. The number of anilines is 1. The zero-order chi connectivity index (χ0) is 21.3. The van der Waals surface area contributed by atoms with E-state index in [0.29, 0.717) is 18.8 Å². The zero-order valence-electron chi connectivity index (χ0n) is 15.2. The Hall–Kier alpha value is -4.14. The van der Waals surface area contributed by atoms with Crippen molar-refractivity contribution >= 4 is 23.3 Å². The van der Waals surface area contributed by atoms with Gasteiger partial charge in [0.2, 0.25) is 11.7 Å². The summed E-state index contributed by atoms with van der Waals surface area (Å²) in [5.74, 6) is -2.78. The highest BCUT2D eigenvalue weighted by Crippen LogP contribution is 2.38. The number of fused-ring (bicyclic) bond motifs is 1. The number of carbonyl (C=O) groups is 1. The van der Waals surface area contributed by atoms with Crippen LogP contribution < -0.4 is 4.90 Å². The van der Waals surface area contributed by atoms with Gasteiger partial charge in [-0.15, -0.1) is 10.2 Å². The van der Waals surface area contributed by atoms with Gasteiger partial charge < -0.3 is 15.3 Å². The minimum atomic E-state index is -0.997. The molecule has 12 heteroatoms. The highest BCUT2D eigenvalue weighted by molar-refractivity contribution is 6.11. The van der Waals surface area contributed by atoms with E-state index in [9.17, 15) is 35.5 Å². The standard InChI is InChI=1S/C17H16N6O6/c1-21(17-20-19-13-4-2-3-5-22(13)17)16(27)10(8-18)14(25)9-6-11(23(28)29)15(26)12(24)7-9/h6-7,24-26H,2-5H2,1H3/b14-10-. The van der Waals surface area contributed by atoms with Crippen LogP contribution in [0.15, 0.2) is 17.7 Å². The van der Waals surface area contributed by atoms with E-state index in [1.165, 1.54) is 7.05 Å². The Kier molecular flexibility index (Phi) is 5.05. The number of likely N-dealkylation sites (N-methyl/N-ethyl adjacent to an activating group) is 1. The lowest BCUT2D eigenvalue weighted by Crippen LogP contribution is -2.31. The molecule has 0 bridgehead atoms. The summed E-state index contributed by atoms with van der Waals surface area (Å²) in [6.07, 6.45) is 2.53. The fourth-order valence-electron chi connectivity index (χ4n) is 3.03. The average molecular weight is 400 g/mol. The normalized spacial score (nSPS) is 13.8. The van der Waals surface area contributed by atoms with E-state index in [-0.39, 0.29) is 11.5 Å². The smallest absolute Gasteiger partial charge is 0.315 e. The van der Waals surface area contributed by atoms with E-state index >= 15 is 0 Å². The summed E-state index contributed by atoms with van der Waals surface area (Å²) in [7, 11) is 1.36. The van der Waals surface area contributed by atoms with Crippen molar-refractivity contribution in [2.24, 2.45) is 0 Å². The maximum Gasteiger partial charge on any atom is 0.315 e.